The molecule has 0 saturated carbocycles. The summed E-state index contributed by atoms with van der Waals surface area (Å²) in [4.78, 5) is 7.31. The van der Waals surface area contributed by atoms with Gasteiger partial charge in [0.05, 0.1) is 8.07 Å². The maximum Gasteiger partial charge on any atom is 0.0775 e. The number of hydrogen-bond acceptors (Lipinski definition) is 3. The maximum atomic E-state index is 2.41. The maximum absolute atomic E-state index is 2.41. The second-order valence-corrected chi connectivity index (χ2v) is 20.4. The van der Waals surface area contributed by atoms with Gasteiger partial charge in [0.1, 0.15) is 0 Å². The van der Waals surface area contributed by atoms with Crippen LogP contribution in [0.2, 0.25) is 19.6 Å². The van der Waals surface area contributed by atoms with E-state index in [1.165, 1.54) is 53.3 Å². The second-order valence-electron chi connectivity index (χ2n) is 14.3. The third kappa shape index (κ3) is 5.71. The van der Waals surface area contributed by atoms with E-state index in [-0.39, 0.29) is 0 Å². The highest BCUT2D eigenvalue weighted by atomic mass is 32.2. The Morgan fingerprint density at radius 1 is 0.392 bits per heavy atom. The predicted octanol–water partition coefficient (Wildman–Crippen LogP) is 13.6. The molecule has 0 unspecified atom stereocenters. The van der Waals surface area contributed by atoms with Crippen molar-refractivity contribution in [3.63, 3.8) is 0 Å². The molecule has 246 valence electrons. The minimum absolute atomic E-state index is 1.14. The molecule has 51 heavy (non-hydrogen) atoms. The summed E-state index contributed by atoms with van der Waals surface area (Å²) in [6, 6.07) is 64.4. The van der Waals surface area contributed by atoms with Gasteiger partial charge in [-0.05, 0) is 112 Å². The van der Waals surface area contributed by atoms with Gasteiger partial charge in [0.15, 0.2) is 0 Å². The smallest absolute Gasteiger partial charge is 0.0775 e. The number of benzene rings is 8. The van der Waals surface area contributed by atoms with Crippen molar-refractivity contribution in [3.8, 4) is 11.1 Å². The average Bonchev–Trinajstić information content (AvgIpc) is 3.16. The van der Waals surface area contributed by atoms with Crippen LogP contribution in [0.3, 0.4) is 0 Å². The van der Waals surface area contributed by atoms with Crippen LogP contribution in [-0.4, -0.2) is 8.07 Å². The lowest BCUT2D eigenvalue weighted by Gasteiger charge is -2.29. The van der Waals surface area contributed by atoms with E-state index in [4.69, 9.17) is 0 Å². The lowest BCUT2D eigenvalue weighted by atomic mass is 9.92. The molecule has 0 aromatic heterocycles. The summed E-state index contributed by atoms with van der Waals surface area (Å²) in [5, 5.41) is 6.60. The lowest BCUT2D eigenvalue weighted by molar-refractivity contribution is 1.26. The summed E-state index contributed by atoms with van der Waals surface area (Å²) in [6.45, 7) is 7.22. The molecule has 2 nitrogen and oxygen atoms in total. The van der Waals surface area contributed by atoms with Crippen molar-refractivity contribution in [3.05, 3.63) is 176 Å². The summed E-state index contributed by atoms with van der Waals surface area (Å²) >= 11 is 1.88. The third-order valence-corrected chi connectivity index (χ3v) is 13.1. The number of fused-ring (bicyclic) bond motifs is 4. The zero-order valence-corrected chi connectivity index (χ0v) is 30.9. The molecule has 1 aliphatic rings. The highest BCUT2D eigenvalue weighted by molar-refractivity contribution is 7.99. The Morgan fingerprint density at radius 3 is 1.51 bits per heavy atom. The van der Waals surface area contributed by atoms with Crippen LogP contribution >= 0.6 is 11.8 Å². The number of nitrogens with zero attached hydrogens (tertiary/aromatic N) is 2. The Morgan fingerprint density at radius 2 is 0.922 bits per heavy atom. The van der Waals surface area contributed by atoms with Gasteiger partial charge in [0.25, 0.3) is 0 Å². The fourth-order valence-electron chi connectivity index (χ4n) is 7.41. The van der Waals surface area contributed by atoms with E-state index >= 15 is 0 Å². The van der Waals surface area contributed by atoms with Gasteiger partial charge in [-0.1, -0.05) is 128 Å². The normalized spacial score (nSPS) is 12.1. The molecule has 8 aromatic rings. The molecule has 0 saturated heterocycles. The first kappa shape index (κ1) is 31.4. The van der Waals surface area contributed by atoms with Gasteiger partial charge >= 0.3 is 0 Å². The molecule has 1 aliphatic heterocycles. The molecule has 0 bridgehead atoms. The van der Waals surface area contributed by atoms with Crippen LogP contribution in [0.1, 0.15) is 0 Å². The highest BCUT2D eigenvalue weighted by Gasteiger charge is 2.24. The summed E-state index contributed by atoms with van der Waals surface area (Å²) in [6.07, 6.45) is 0. The third-order valence-electron chi connectivity index (χ3n) is 9.95. The average molecular weight is 691 g/mol. The van der Waals surface area contributed by atoms with E-state index < -0.39 is 8.07 Å². The number of hydrogen-bond donors (Lipinski definition) is 0. The molecule has 0 spiro atoms. The largest absolute Gasteiger partial charge is 0.310 e. The van der Waals surface area contributed by atoms with Gasteiger partial charge in [-0.15, -0.1) is 0 Å². The van der Waals surface area contributed by atoms with E-state index in [1.54, 1.807) is 0 Å². The first-order valence-electron chi connectivity index (χ1n) is 17.6. The fourth-order valence-corrected chi connectivity index (χ4v) is 9.75. The quantitative estimate of drug-likeness (QED) is 0.121. The van der Waals surface area contributed by atoms with Crippen LogP contribution in [0.15, 0.2) is 186 Å². The predicted molar refractivity (Wildman–Crippen MR) is 223 cm³/mol. The van der Waals surface area contributed by atoms with Crippen molar-refractivity contribution >= 4 is 80.7 Å². The van der Waals surface area contributed by atoms with E-state index in [0.717, 1.165) is 28.4 Å². The Balaban J connectivity index is 1.17. The molecule has 0 fully saturated rings. The van der Waals surface area contributed by atoms with Crippen LogP contribution < -0.4 is 15.0 Å². The number of rotatable bonds is 7. The van der Waals surface area contributed by atoms with Crippen molar-refractivity contribution in [2.75, 3.05) is 9.80 Å². The molecule has 0 N–H and O–H groups in total. The van der Waals surface area contributed by atoms with Gasteiger partial charge in [-0.2, -0.15) is 0 Å². The molecule has 4 heteroatoms. The van der Waals surface area contributed by atoms with Crippen LogP contribution in [0.25, 0.3) is 32.7 Å². The van der Waals surface area contributed by atoms with Crippen molar-refractivity contribution < 1.29 is 0 Å². The van der Waals surface area contributed by atoms with Crippen LogP contribution in [-0.2, 0) is 0 Å². The Hall–Kier alpha value is -5.55. The lowest BCUT2D eigenvalue weighted by Crippen LogP contribution is -2.37. The minimum atomic E-state index is -1.41. The number of anilines is 6. The molecule has 9 rings (SSSR count). The van der Waals surface area contributed by atoms with Gasteiger partial charge in [-0.25, -0.2) is 0 Å². The van der Waals surface area contributed by atoms with Gasteiger partial charge in [0.2, 0.25) is 0 Å². The molecule has 8 aromatic carbocycles. The minimum Gasteiger partial charge on any atom is -0.310 e. The zero-order chi connectivity index (χ0) is 34.5. The topological polar surface area (TPSA) is 6.48 Å². The SMILES string of the molecule is C[Si](C)(C)c1ccc(N(c2ccccc2)c2ccc3c(c2)Sc2cccc4c2c-3cc2ccc(N(c3ccccc3)c3ccccc3)cc24)cc1. The van der Waals surface area contributed by atoms with Crippen LogP contribution in [0, 0.1) is 0 Å². The Labute approximate surface area is 305 Å². The van der Waals surface area contributed by atoms with E-state index in [2.05, 4.69) is 205 Å². The molecule has 1 heterocycles. The van der Waals surface area contributed by atoms with E-state index in [0.29, 0.717) is 0 Å². The highest BCUT2D eigenvalue weighted by Crippen LogP contribution is 2.52. The molecular weight excluding hydrogens is 653 g/mol. The molecule has 0 aliphatic carbocycles. The molecule has 0 atom stereocenters. The summed E-state index contributed by atoms with van der Waals surface area (Å²) in [5.74, 6) is 0. The van der Waals surface area contributed by atoms with Gasteiger partial charge in [0, 0.05) is 49.3 Å². The monoisotopic (exact) mass is 690 g/mol. The first-order valence-corrected chi connectivity index (χ1v) is 21.9. The van der Waals surface area contributed by atoms with Crippen molar-refractivity contribution in [1.82, 2.24) is 0 Å². The van der Waals surface area contributed by atoms with Crippen molar-refractivity contribution in [1.29, 1.82) is 0 Å². The Kier molecular flexibility index (Phi) is 7.79. The molecule has 0 amide bonds. The van der Waals surface area contributed by atoms with Crippen molar-refractivity contribution in [2.24, 2.45) is 0 Å². The zero-order valence-electron chi connectivity index (χ0n) is 29.0. The summed E-state index contributed by atoms with van der Waals surface area (Å²) < 4.78 is 0. The van der Waals surface area contributed by atoms with Gasteiger partial charge in [-0.3, -0.25) is 0 Å². The molecule has 0 radical (unpaired) electrons. The summed E-state index contributed by atoms with van der Waals surface area (Å²) in [5.41, 5.74) is 9.51. The summed E-state index contributed by atoms with van der Waals surface area (Å²) in [7, 11) is -1.41. The van der Waals surface area contributed by atoms with Crippen LogP contribution in [0.5, 0.6) is 0 Å². The fraction of sp³-hybridized carbons (Fsp3) is 0.0638. The van der Waals surface area contributed by atoms with Crippen molar-refractivity contribution in [2.45, 2.75) is 29.4 Å². The van der Waals surface area contributed by atoms with Crippen LogP contribution in [0.4, 0.5) is 34.1 Å². The Bertz CT molecular complexity index is 2490. The second kappa shape index (κ2) is 12.6. The van der Waals surface area contributed by atoms with E-state index in [9.17, 15) is 0 Å². The number of para-hydroxylation sites is 3. The van der Waals surface area contributed by atoms with Gasteiger partial charge < -0.3 is 9.80 Å². The molecular formula is C47H38N2SSi. The van der Waals surface area contributed by atoms with E-state index in [1.807, 2.05) is 11.8 Å². The first-order chi connectivity index (χ1) is 24.9. The standard InChI is InChI=1S/C47H38N2SSi/c1-51(2,3)40-27-24-37(25-28-40)49(36-18-11-6-12-19-36)39-26-29-41-44-30-33-22-23-38(48(34-14-7-4-8-15-34)35-16-9-5-10-17-35)31-43(33)42-20-13-21-45(47(42)44)50-46(41)32-39/h4-32H,1-3H3.